The molecule has 0 aliphatic rings. The van der Waals surface area contributed by atoms with Gasteiger partial charge in [-0.15, -0.1) is 11.3 Å². The van der Waals surface area contributed by atoms with E-state index in [0.717, 1.165) is 26.9 Å². The first-order valence-electron chi connectivity index (χ1n) is 7.76. The van der Waals surface area contributed by atoms with Crippen molar-refractivity contribution >= 4 is 37.3 Å². The lowest BCUT2D eigenvalue weighted by atomic mass is 10.2. The second-order valence-electron chi connectivity index (χ2n) is 5.60. The number of thiazole rings is 1. The lowest BCUT2D eigenvalue weighted by Gasteiger charge is -2.09. The summed E-state index contributed by atoms with van der Waals surface area (Å²) in [5, 5.41) is 0.790. The summed E-state index contributed by atoms with van der Waals surface area (Å²) in [4.78, 5) is 4.19. The van der Waals surface area contributed by atoms with E-state index in [9.17, 15) is 12.8 Å². The highest BCUT2D eigenvalue weighted by atomic mass is 32.2. The number of rotatable bonds is 4. The fourth-order valence-corrected chi connectivity index (χ4v) is 4.68. The van der Waals surface area contributed by atoms with Crippen LogP contribution in [0.15, 0.2) is 77.7 Å². The first kappa shape index (κ1) is 16.7. The summed E-state index contributed by atoms with van der Waals surface area (Å²) in [5.41, 5.74) is 2.04. The molecule has 0 amide bonds. The molecule has 0 bridgehead atoms. The summed E-state index contributed by atoms with van der Waals surface area (Å²) in [6.07, 6.45) is 0. The quantitative estimate of drug-likeness (QED) is 0.544. The Labute approximate surface area is 154 Å². The number of hydrogen-bond acceptors (Lipinski definition) is 4. The van der Waals surface area contributed by atoms with Gasteiger partial charge in [-0.1, -0.05) is 36.4 Å². The third-order valence-corrected chi connectivity index (χ3v) is 6.28. The standard InChI is InChI=1S/C19H13FN2O2S2/c20-15-8-1-4-11-18(15)26(23,24)22-14-7-5-6-13(12-14)19-21-16-9-2-3-10-17(16)25-19/h1-12,22H. The van der Waals surface area contributed by atoms with Gasteiger partial charge in [-0.3, -0.25) is 4.72 Å². The molecule has 0 saturated heterocycles. The van der Waals surface area contributed by atoms with E-state index >= 15 is 0 Å². The van der Waals surface area contributed by atoms with Gasteiger partial charge < -0.3 is 0 Å². The molecule has 0 spiro atoms. The van der Waals surface area contributed by atoms with E-state index in [2.05, 4.69) is 9.71 Å². The molecule has 0 aliphatic heterocycles. The number of anilines is 1. The number of fused-ring (bicyclic) bond motifs is 1. The molecule has 130 valence electrons. The molecular formula is C19H13FN2O2S2. The smallest absolute Gasteiger partial charge is 0.264 e. The van der Waals surface area contributed by atoms with Crippen LogP contribution in [0.2, 0.25) is 0 Å². The summed E-state index contributed by atoms with van der Waals surface area (Å²) < 4.78 is 42.2. The Hall–Kier alpha value is -2.77. The SMILES string of the molecule is O=S(=O)(Nc1cccc(-c2nc3ccccc3s2)c1)c1ccccc1F. The van der Waals surface area contributed by atoms with E-state index in [1.165, 1.54) is 29.5 Å². The van der Waals surface area contributed by atoms with Gasteiger partial charge in [0.05, 0.1) is 10.2 Å². The van der Waals surface area contributed by atoms with Gasteiger partial charge >= 0.3 is 0 Å². The fourth-order valence-electron chi connectivity index (χ4n) is 2.58. The van der Waals surface area contributed by atoms with Crippen LogP contribution in [0.4, 0.5) is 10.1 Å². The lowest BCUT2D eigenvalue weighted by Crippen LogP contribution is -2.14. The normalized spacial score (nSPS) is 11.6. The van der Waals surface area contributed by atoms with Gasteiger partial charge in [-0.2, -0.15) is 0 Å². The summed E-state index contributed by atoms with van der Waals surface area (Å²) in [5.74, 6) is -0.790. The van der Waals surface area contributed by atoms with Gasteiger partial charge in [-0.05, 0) is 36.4 Å². The third-order valence-electron chi connectivity index (χ3n) is 3.78. The van der Waals surface area contributed by atoms with Crippen LogP contribution in [-0.2, 0) is 10.0 Å². The van der Waals surface area contributed by atoms with Gasteiger partial charge in [-0.25, -0.2) is 17.8 Å². The summed E-state index contributed by atoms with van der Waals surface area (Å²) >= 11 is 1.53. The van der Waals surface area contributed by atoms with Crippen LogP contribution in [0.1, 0.15) is 0 Å². The van der Waals surface area contributed by atoms with Crippen molar-refractivity contribution in [2.24, 2.45) is 0 Å². The van der Waals surface area contributed by atoms with E-state index in [0.29, 0.717) is 5.69 Å². The summed E-state index contributed by atoms with van der Waals surface area (Å²) in [6, 6.07) is 20.0. The Morgan fingerprint density at radius 3 is 2.50 bits per heavy atom. The zero-order valence-electron chi connectivity index (χ0n) is 13.4. The Morgan fingerprint density at radius 2 is 1.69 bits per heavy atom. The van der Waals surface area contributed by atoms with Crippen LogP contribution < -0.4 is 4.72 Å². The first-order chi connectivity index (χ1) is 12.5. The van der Waals surface area contributed by atoms with Gasteiger partial charge in [0.25, 0.3) is 10.0 Å². The number of benzene rings is 3. The molecule has 1 N–H and O–H groups in total. The highest BCUT2D eigenvalue weighted by Crippen LogP contribution is 2.31. The van der Waals surface area contributed by atoms with Gasteiger partial charge in [0.15, 0.2) is 0 Å². The van der Waals surface area contributed by atoms with E-state index in [4.69, 9.17) is 0 Å². The third kappa shape index (κ3) is 3.18. The zero-order chi connectivity index (χ0) is 18.1. The van der Waals surface area contributed by atoms with Crippen molar-refractivity contribution in [1.29, 1.82) is 0 Å². The number of hydrogen-bond donors (Lipinski definition) is 1. The van der Waals surface area contributed by atoms with Crippen molar-refractivity contribution in [3.63, 3.8) is 0 Å². The molecule has 4 aromatic rings. The van der Waals surface area contributed by atoms with Crippen molar-refractivity contribution in [1.82, 2.24) is 4.98 Å². The van der Waals surface area contributed by atoms with Crippen LogP contribution in [0.5, 0.6) is 0 Å². The average molecular weight is 384 g/mol. The number of nitrogens with zero attached hydrogens (tertiary/aromatic N) is 1. The topological polar surface area (TPSA) is 59.1 Å². The number of halogens is 1. The Bertz CT molecular complexity index is 1170. The van der Waals surface area contributed by atoms with E-state index < -0.39 is 15.8 Å². The van der Waals surface area contributed by atoms with E-state index in [-0.39, 0.29) is 4.90 Å². The Balaban J connectivity index is 1.69. The highest BCUT2D eigenvalue weighted by molar-refractivity contribution is 7.92. The minimum Gasteiger partial charge on any atom is -0.280 e. The van der Waals surface area contributed by atoms with E-state index in [1.807, 2.05) is 30.3 Å². The molecule has 0 saturated carbocycles. The van der Waals surface area contributed by atoms with Crippen molar-refractivity contribution in [3.05, 3.63) is 78.6 Å². The summed E-state index contributed by atoms with van der Waals surface area (Å²) in [6.45, 7) is 0. The molecule has 3 aromatic carbocycles. The van der Waals surface area contributed by atoms with E-state index in [1.54, 1.807) is 18.2 Å². The van der Waals surface area contributed by atoms with Crippen molar-refractivity contribution in [2.45, 2.75) is 4.90 Å². The molecule has 0 atom stereocenters. The summed E-state index contributed by atoms with van der Waals surface area (Å²) in [7, 11) is -4.01. The minimum absolute atomic E-state index is 0.352. The van der Waals surface area contributed by atoms with Crippen LogP contribution in [0.25, 0.3) is 20.8 Å². The second-order valence-corrected chi connectivity index (χ2v) is 8.28. The zero-order valence-corrected chi connectivity index (χ0v) is 15.0. The molecule has 1 aromatic heterocycles. The molecule has 0 radical (unpaired) electrons. The van der Waals surface area contributed by atoms with Crippen molar-refractivity contribution in [3.8, 4) is 10.6 Å². The molecule has 4 nitrogen and oxygen atoms in total. The highest BCUT2D eigenvalue weighted by Gasteiger charge is 2.19. The van der Waals surface area contributed by atoms with Crippen molar-refractivity contribution in [2.75, 3.05) is 4.72 Å². The fraction of sp³-hybridized carbons (Fsp3) is 0. The Morgan fingerprint density at radius 1 is 0.923 bits per heavy atom. The van der Waals surface area contributed by atoms with Gasteiger partial charge in [0, 0.05) is 11.3 Å². The molecule has 0 unspecified atom stereocenters. The maximum absolute atomic E-state index is 13.8. The molecule has 4 rings (SSSR count). The van der Waals surface area contributed by atoms with Crippen molar-refractivity contribution < 1.29 is 12.8 Å². The van der Waals surface area contributed by atoms with Crippen LogP contribution in [-0.4, -0.2) is 13.4 Å². The molecule has 26 heavy (non-hydrogen) atoms. The van der Waals surface area contributed by atoms with Gasteiger partial charge in [0.2, 0.25) is 0 Å². The Kier molecular flexibility index (Phi) is 4.18. The monoisotopic (exact) mass is 384 g/mol. The molecule has 7 heteroatoms. The van der Waals surface area contributed by atoms with Gasteiger partial charge in [0.1, 0.15) is 15.7 Å². The van der Waals surface area contributed by atoms with Crippen LogP contribution in [0, 0.1) is 5.82 Å². The predicted molar refractivity (Wildman–Crippen MR) is 102 cm³/mol. The molecule has 0 fully saturated rings. The maximum Gasteiger partial charge on any atom is 0.264 e. The molecule has 0 aliphatic carbocycles. The number of sulfonamides is 1. The van der Waals surface area contributed by atoms with Crippen LogP contribution in [0.3, 0.4) is 0 Å². The number of aromatic nitrogens is 1. The second kappa shape index (κ2) is 6.51. The average Bonchev–Trinajstić information content (AvgIpc) is 3.06. The minimum atomic E-state index is -4.01. The first-order valence-corrected chi connectivity index (χ1v) is 10.1. The molecular weight excluding hydrogens is 371 g/mol. The van der Waals surface area contributed by atoms with Crippen LogP contribution >= 0.6 is 11.3 Å². The maximum atomic E-state index is 13.8. The lowest BCUT2D eigenvalue weighted by molar-refractivity contribution is 0.570. The number of nitrogens with one attached hydrogen (secondary N) is 1. The molecule has 1 heterocycles. The predicted octanol–water partition coefficient (Wildman–Crippen LogP) is 4.90. The number of para-hydroxylation sites is 1. The largest absolute Gasteiger partial charge is 0.280 e.